The van der Waals surface area contributed by atoms with Crippen LogP contribution in [0.2, 0.25) is 0 Å². The van der Waals surface area contributed by atoms with Crippen molar-refractivity contribution in [2.24, 2.45) is 0 Å². The molecule has 0 fully saturated rings. The number of rotatable bonds is 9. The largest absolute Gasteiger partial charge is 0.507 e. The van der Waals surface area contributed by atoms with Crippen molar-refractivity contribution in [2.75, 3.05) is 19.8 Å². The lowest BCUT2D eigenvalue weighted by molar-refractivity contribution is 0.0164. The first-order valence-electron chi connectivity index (χ1n) is 12.4. The van der Waals surface area contributed by atoms with Crippen molar-refractivity contribution in [3.05, 3.63) is 76.9 Å². The van der Waals surface area contributed by atoms with Gasteiger partial charge in [0.25, 0.3) is 0 Å². The minimum Gasteiger partial charge on any atom is -0.507 e. The van der Waals surface area contributed by atoms with Gasteiger partial charge < -0.3 is 19.7 Å². The Balaban J connectivity index is 1.75. The second-order valence-electron chi connectivity index (χ2n) is 9.25. The smallest absolute Gasteiger partial charge is 0.167 e. The molecule has 4 rings (SSSR count). The summed E-state index contributed by atoms with van der Waals surface area (Å²) < 4.78 is 10.8. The molecule has 0 aliphatic carbocycles. The fourth-order valence-corrected chi connectivity index (χ4v) is 4.15. The van der Waals surface area contributed by atoms with E-state index in [1.165, 1.54) is 6.07 Å². The van der Waals surface area contributed by atoms with Crippen molar-refractivity contribution < 1.29 is 19.7 Å². The zero-order valence-electron chi connectivity index (χ0n) is 21.9. The second kappa shape index (κ2) is 11.5. The Morgan fingerprint density at radius 1 is 0.703 bits per heavy atom. The average molecular weight is 500 g/mol. The van der Waals surface area contributed by atoms with E-state index in [9.17, 15) is 10.2 Å². The molecule has 7 heteroatoms. The van der Waals surface area contributed by atoms with E-state index < -0.39 is 6.10 Å². The molecule has 0 saturated heterocycles. The summed E-state index contributed by atoms with van der Waals surface area (Å²) in [6.07, 6.45) is -0.758. The molecular formula is C30H33N3O4. The number of aryl methyl sites for hydroxylation is 4. The monoisotopic (exact) mass is 499 g/mol. The molecule has 1 atom stereocenters. The molecule has 7 nitrogen and oxygen atoms in total. The molecular weight excluding hydrogens is 466 g/mol. The van der Waals surface area contributed by atoms with Crippen LogP contribution in [0, 0.1) is 27.7 Å². The highest BCUT2D eigenvalue weighted by atomic mass is 16.5. The third kappa shape index (κ3) is 6.31. The van der Waals surface area contributed by atoms with Crippen LogP contribution in [0.15, 0.2) is 54.6 Å². The molecule has 0 saturated carbocycles. The Labute approximate surface area is 217 Å². The van der Waals surface area contributed by atoms with Crippen molar-refractivity contribution in [1.29, 1.82) is 0 Å². The molecule has 2 N–H and O–H groups in total. The first-order valence-corrected chi connectivity index (χ1v) is 12.4. The van der Waals surface area contributed by atoms with E-state index in [2.05, 4.69) is 12.1 Å². The summed E-state index contributed by atoms with van der Waals surface area (Å²) in [5.74, 6) is 1.84. The Kier molecular flexibility index (Phi) is 8.16. The van der Waals surface area contributed by atoms with Crippen LogP contribution in [0.1, 0.15) is 29.2 Å². The van der Waals surface area contributed by atoms with Crippen molar-refractivity contribution in [3.63, 3.8) is 0 Å². The number of ether oxygens (including phenoxy) is 2. The summed E-state index contributed by atoms with van der Waals surface area (Å²) in [6.45, 7) is 10.8. The molecule has 0 spiro atoms. The molecule has 0 aliphatic rings. The van der Waals surface area contributed by atoms with Crippen LogP contribution in [-0.4, -0.2) is 51.1 Å². The van der Waals surface area contributed by atoms with E-state index in [0.717, 1.165) is 33.4 Å². The number of hydrogen-bond donors (Lipinski definition) is 2. The lowest BCUT2D eigenvalue weighted by Gasteiger charge is -2.14. The number of aliphatic hydroxyl groups is 1. The third-order valence-electron chi connectivity index (χ3n) is 6.05. The van der Waals surface area contributed by atoms with Gasteiger partial charge in [-0.25, -0.2) is 15.0 Å². The summed E-state index contributed by atoms with van der Waals surface area (Å²) in [7, 11) is 0. The molecule has 192 valence electrons. The van der Waals surface area contributed by atoms with Gasteiger partial charge in [-0.3, -0.25) is 0 Å². The minimum absolute atomic E-state index is 0.0267. The van der Waals surface area contributed by atoms with Gasteiger partial charge >= 0.3 is 0 Å². The normalized spacial score (nSPS) is 11.9. The maximum absolute atomic E-state index is 10.9. The maximum Gasteiger partial charge on any atom is 0.167 e. The zero-order chi connectivity index (χ0) is 26.5. The van der Waals surface area contributed by atoms with Crippen molar-refractivity contribution >= 4 is 0 Å². The quantitative estimate of drug-likeness (QED) is 0.310. The highest BCUT2D eigenvalue weighted by Gasteiger charge is 2.17. The molecule has 3 aromatic carbocycles. The predicted molar refractivity (Wildman–Crippen MR) is 145 cm³/mol. The molecule has 0 bridgehead atoms. The molecule has 1 unspecified atom stereocenters. The van der Waals surface area contributed by atoms with Crippen LogP contribution in [0.3, 0.4) is 0 Å². The number of aromatic nitrogens is 3. The van der Waals surface area contributed by atoms with Gasteiger partial charge in [0.05, 0.1) is 12.2 Å². The first-order chi connectivity index (χ1) is 17.7. The molecule has 0 aliphatic heterocycles. The topological polar surface area (TPSA) is 97.6 Å². The van der Waals surface area contributed by atoms with Gasteiger partial charge in [-0.1, -0.05) is 47.5 Å². The van der Waals surface area contributed by atoms with Crippen LogP contribution in [-0.2, 0) is 4.74 Å². The highest BCUT2D eigenvalue weighted by molar-refractivity contribution is 5.72. The predicted octanol–water partition coefficient (Wildman–Crippen LogP) is 5.59. The summed E-state index contributed by atoms with van der Waals surface area (Å²) >= 11 is 0. The van der Waals surface area contributed by atoms with Gasteiger partial charge in [0.1, 0.15) is 24.2 Å². The Morgan fingerprint density at radius 3 is 1.70 bits per heavy atom. The van der Waals surface area contributed by atoms with E-state index in [-0.39, 0.29) is 19.0 Å². The van der Waals surface area contributed by atoms with Crippen LogP contribution >= 0.6 is 0 Å². The van der Waals surface area contributed by atoms with Gasteiger partial charge in [-0.2, -0.15) is 0 Å². The highest BCUT2D eigenvalue weighted by Crippen LogP contribution is 2.34. The van der Waals surface area contributed by atoms with E-state index in [1.54, 1.807) is 12.1 Å². The lowest BCUT2D eigenvalue weighted by atomic mass is 10.0. The standard InChI is InChI=1S/C30H33N3O4/c1-6-36-16-22(34)17-37-23-9-12-26(27(35)15-23)30-32-28(24-10-7-18(2)13-20(24)4)31-29(33-30)25-11-8-19(3)14-21(25)5/h7-15,22,34-35H,6,16-17H2,1-5H3. The van der Waals surface area contributed by atoms with E-state index >= 15 is 0 Å². The van der Waals surface area contributed by atoms with Crippen molar-refractivity contribution in [1.82, 2.24) is 15.0 Å². The number of aliphatic hydroxyl groups excluding tert-OH is 1. The zero-order valence-corrected chi connectivity index (χ0v) is 21.9. The summed E-state index contributed by atoms with van der Waals surface area (Å²) in [4.78, 5) is 14.3. The average Bonchev–Trinajstić information content (AvgIpc) is 2.86. The summed E-state index contributed by atoms with van der Waals surface area (Å²) in [5, 5.41) is 20.8. The lowest BCUT2D eigenvalue weighted by Crippen LogP contribution is -2.23. The van der Waals surface area contributed by atoms with E-state index in [1.807, 2.05) is 58.9 Å². The number of hydrogen-bond acceptors (Lipinski definition) is 7. The first kappa shape index (κ1) is 26.3. The van der Waals surface area contributed by atoms with Crippen LogP contribution in [0.25, 0.3) is 34.2 Å². The van der Waals surface area contributed by atoms with Crippen LogP contribution in [0.4, 0.5) is 0 Å². The number of benzene rings is 3. The molecule has 37 heavy (non-hydrogen) atoms. The number of nitrogens with zero attached hydrogens (tertiary/aromatic N) is 3. The second-order valence-corrected chi connectivity index (χ2v) is 9.25. The molecule has 0 amide bonds. The number of phenolic OH excluding ortho intramolecular Hbond substituents is 1. The van der Waals surface area contributed by atoms with Gasteiger partial charge in [0.2, 0.25) is 0 Å². The van der Waals surface area contributed by atoms with Gasteiger partial charge in [0, 0.05) is 23.8 Å². The third-order valence-corrected chi connectivity index (χ3v) is 6.05. The number of aromatic hydroxyl groups is 1. The minimum atomic E-state index is -0.758. The van der Waals surface area contributed by atoms with Crippen LogP contribution < -0.4 is 4.74 Å². The molecule has 4 aromatic rings. The van der Waals surface area contributed by atoms with E-state index in [4.69, 9.17) is 24.4 Å². The summed E-state index contributed by atoms with van der Waals surface area (Å²) in [5.41, 5.74) is 6.70. The van der Waals surface area contributed by atoms with Crippen molar-refractivity contribution in [2.45, 2.75) is 40.7 Å². The van der Waals surface area contributed by atoms with Gasteiger partial charge in [-0.05, 0) is 57.9 Å². The fourth-order valence-electron chi connectivity index (χ4n) is 4.15. The molecule has 0 radical (unpaired) electrons. The summed E-state index contributed by atoms with van der Waals surface area (Å²) in [6, 6.07) is 17.2. The SMILES string of the molecule is CCOCC(O)COc1ccc(-c2nc(-c3ccc(C)cc3C)nc(-c3ccc(C)cc3C)n2)c(O)c1. The Bertz CT molecular complexity index is 1330. The van der Waals surface area contributed by atoms with Gasteiger partial charge in [-0.15, -0.1) is 0 Å². The number of phenols is 1. The van der Waals surface area contributed by atoms with E-state index in [0.29, 0.717) is 35.4 Å². The fraction of sp³-hybridized carbons (Fsp3) is 0.300. The van der Waals surface area contributed by atoms with Crippen LogP contribution in [0.5, 0.6) is 11.5 Å². The Morgan fingerprint density at radius 2 is 1.22 bits per heavy atom. The van der Waals surface area contributed by atoms with Crippen molar-refractivity contribution in [3.8, 4) is 45.7 Å². The van der Waals surface area contributed by atoms with Gasteiger partial charge in [0.15, 0.2) is 17.5 Å². The maximum atomic E-state index is 10.9. The Hall–Kier alpha value is -3.81. The molecule has 1 heterocycles. The molecule has 1 aromatic heterocycles.